The van der Waals surface area contributed by atoms with Crippen LogP contribution in [0.4, 0.5) is 4.39 Å². The first-order valence-corrected chi connectivity index (χ1v) is 6.86. The Morgan fingerprint density at radius 2 is 2.00 bits per heavy atom. The Bertz CT molecular complexity index is 552. The molecule has 4 heteroatoms. The van der Waals surface area contributed by atoms with Gasteiger partial charge >= 0.3 is 0 Å². The minimum absolute atomic E-state index is 0.118. The first-order valence-electron chi connectivity index (χ1n) is 6.07. The third-order valence-corrected chi connectivity index (χ3v) is 3.63. The minimum atomic E-state index is -0.269. The van der Waals surface area contributed by atoms with Crippen LogP contribution in [0.1, 0.15) is 22.7 Å². The molecule has 2 rings (SSSR count). The average Bonchev–Trinajstić information content (AvgIpc) is 2.36. The van der Waals surface area contributed by atoms with Gasteiger partial charge in [0.1, 0.15) is 5.82 Å². The first kappa shape index (κ1) is 14.2. The van der Waals surface area contributed by atoms with Crippen LogP contribution >= 0.6 is 15.9 Å². The highest BCUT2D eigenvalue weighted by Gasteiger charge is 2.13. The van der Waals surface area contributed by atoms with Gasteiger partial charge in [0.05, 0.1) is 6.04 Å². The summed E-state index contributed by atoms with van der Waals surface area (Å²) in [6.07, 6.45) is 0.721. The number of hydrazine groups is 1. The van der Waals surface area contributed by atoms with Gasteiger partial charge in [0.15, 0.2) is 0 Å². The van der Waals surface area contributed by atoms with E-state index in [1.165, 1.54) is 23.3 Å². The summed E-state index contributed by atoms with van der Waals surface area (Å²) in [4.78, 5) is 0. The fourth-order valence-corrected chi connectivity index (χ4v) is 2.59. The summed E-state index contributed by atoms with van der Waals surface area (Å²) >= 11 is 3.30. The molecule has 100 valence electrons. The Morgan fingerprint density at radius 3 is 2.63 bits per heavy atom. The molecular weight excluding hydrogens is 307 g/mol. The fourth-order valence-electron chi connectivity index (χ4n) is 2.11. The molecule has 1 unspecified atom stereocenters. The fraction of sp³-hybridized carbons (Fsp3) is 0.200. The lowest BCUT2D eigenvalue weighted by atomic mass is 9.96. The minimum Gasteiger partial charge on any atom is -0.271 e. The predicted octanol–water partition coefficient (Wildman–Crippen LogP) is 3.64. The first-order chi connectivity index (χ1) is 9.10. The van der Waals surface area contributed by atoms with Gasteiger partial charge in [-0.2, -0.15) is 0 Å². The average molecular weight is 323 g/mol. The van der Waals surface area contributed by atoms with E-state index in [2.05, 4.69) is 40.4 Å². The number of aryl methyl sites for hydroxylation is 1. The van der Waals surface area contributed by atoms with E-state index >= 15 is 0 Å². The van der Waals surface area contributed by atoms with Crippen molar-refractivity contribution in [3.8, 4) is 0 Å². The van der Waals surface area contributed by atoms with Crippen LogP contribution < -0.4 is 11.3 Å². The second-order valence-corrected chi connectivity index (χ2v) is 5.47. The molecule has 0 aliphatic carbocycles. The van der Waals surface area contributed by atoms with Crippen molar-refractivity contribution in [1.29, 1.82) is 0 Å². The Morgan fingerprint density at radius 1 is 1.26 bits per heavy atom. The summed E-state index contributed by atoms with van der Waals surface area (Å²) in [6.45, 7) is 2.06. The molecule has 0 amide bonds. The summed E-state index contributed by atoms with van der Waals surface area (Å²) in [5.41, 5.74) is 6.00. The predicted molar refractivity (Wildman–Crippen MR) is 79.0 cm³/mol. The van der Waals surface area contributed by atoms with E-state index < -0.39 is 0 Å². The molecule has 0 aromatic heterocycles. The van der Waals surface area contributed by atoms with Gasteiger partial charge < -0.3 is 0 Å². The van der Waals surface area contributed by atoms with E-state index in [-0.39, 0.29) is 11.9 Å². The van der Waals surface area contributed by atoms with Crippen molar-refractivity contribution in [2.45, 2.75) is 19.4 Å². The maximum atomic E-state index is 13.4. The molecule has 19 heavy (non-hydrogen) atoms. The summed E-state index contributed by atoms with van der Waals surface area (Å²) in [5.74, 6) is 5.35. The summed E-state index contributed by atoms with van der Waals surface area (Å²) < 4.78 is 14.2. The van der Waals surface area contributed by atoms with Crippen LogP contribution in [0.25, 0.3) is 0 Å². The SMILES string of the molecule is Cc1ccccc1CC(NN)c1cc(F)cc(Br)c1. The molecule has 0 heterocycles. The second-order valence-electron chi connectivity index (χ2n) is 4.55. The molecule has 0 saturated heterocycles. The standard InChI is InChI=1S/C15H16BrFN2/c1-10-4-2-3-5-11(10)8-15(19-18)12-6-13(16)9-14(17)7-12/h2-7,9,15,19H,8,18H2,1H3. The van der Waals surface area contributed by atoms with Gasteiger partial charge in [-0.3, -0.25) is 11.3 Å². The lowest BCUT2D eigenvalue weighted by Gasteiger charge is -2.18. The second kappa shape index (κ2) is 6.28. The molecule has 0 aliphatic rings. The van der Waals surface area contributed by atoms with Crippen molar-refractivity contribution in [2.75, 3.05) is 0 Å². The van der Waals surface area contributed by atoms with Crippen LogP contribution in [0.2, 0.25) is 0 Å². The van der Waals surface area contributed by atoms with E-state index in [1.807, 2.05) is 18.2 Å². The lowest BCUT2D eigenvalue weighted by molar-refractivity contribution is 0.543. The molecule has 0 fully saturated rings. The van der Waals surface area contributed by atoms with E-state index in [0.717, 1.165) is 12.0 Å². The Labute approximate surface area is 120 Å². The van der Waals surface area contributed by atoms with Crippen molar-refractivity contribution < 1.29 is 4.39 Å². The van der Waals surface area contributed by atoms with Gasteiger partial charge in [0, 0.05) is 4.47 Å². The molecule has 1 atom stereocenters. The number of hydrogen-bond acceptors (Lipinski definition) is 2. The Kier molecular flexibility index (Phi) is 4.69. The van der Waals surface area contributed by atoms with Crippen molar-refractivity contribution in [3.05, 3.63) is 69.4 Å². The van der Waals surface area contributed by atoms with Gasteiger partial charge in [0.25, 0.3) is 0 Å². The number of hydrogen-bond donors (Lipinski definition) is 2. The molecule has 0 saturated carbocycles. The molecule has 2 nitrogen and oxygen atoms in total. The summed E-state index contributed by atoms with van der Waals surface area (Å²) in [5, 5.41) is 0. The Balaban J connectivity index is 2.28. The van der Waals surface area contributed by atoms with Gasteiger partial charge in [-0.15, -0.1) is 0 Å². The topological polar surface area (TPSA) is 38.0 Å². The van der Waals surface area contributed by atoms with Crippen LogP contribution in [-0.4, -0.2) is 0 Å². The van der Waals surface area contributed by atoms with E-state index in [4.69, 9.17) is 5.84 Å². The van der Waals surface area contributed by atoms with Crippen molar-refractivity contribution in [1.82, 2.24) is 5.43 Å². The number of rotatable bonds is 4. The normalized spacial score (nSPS) is 12.4. The molecule has 0 aliphatic heterocycles. The van der Waals surface area contributed by atoms with Gasteiger partial charge in [0.2, 0.25) is 0 Å². The van der Waals surface area contributed by atoms with E-state index in [9.17, 15) is 4.39 Å². The van der Waals surface area contributed by atoms with Crippen LogP contribution in [0.15, 0.2) is 46.9 Å². The number of nitrogens with two attached hydrogens (primary N) is 1. The smallest absolute Gasteiger partial charge is 0.124 e. The van der Waals surface area contributed by atoms with Gasteiger partial charge in [-0.05, 0) is 48.2 Å². The molecule has 2 aromatic rings. The number of benzene rings is 2. The molecule has 0 spiro atoms. The molecule has 2 aromatic carbocycles. The summed E-state index contributed by atoms with van der Waals surface area (Å²) in [6, 6.07) is 12.8. The Hall–Kier alpha value is -1.23. The van der Waals surface area contributed by atoms with Gasteiger partial charge in [-0.1, -0.05) is 40.2 Å². The third kappa shape index (κ3) is 3.62. The van der Waals surface area contributed by atoms with Crippen LogP contribution in [0, 0.1) is 12.7 Å². The molecule has 0 bridgehead atoms. The molecule has 0 radical (unpaired) electrons. The van der Waals surface area contributed by atoms with Crippen molar-refractivity contribution in [3.63, 3.8) is 0 Å². The number of nitrogens with one attached hydrogen (secondary N) is 1. The maximum absolute atomic E-state index is 13.4. The van der Waals surface area contributed by atoms with Crippen LogP contribution in [-0.2, 0) is 6.42 Å². The zero-order chi connectivity index (χ0) is 13.8. The highest BCUT2D eigenvalue weighted by Crippen LogP contribution is 2.24. The molecule has 3 N–H and O–H groups in total. The molecular formula is C15H16BrFN2. The number of halogens is 2. The quantitative estimate of drug-likeness (QED) is 0.666. The summed E-state index contributed by atoms with van der Waals surface area (Å²) in [7, 11) is 0. The monoisotopic (exact) mass is 322 g/mol. The lowest BCUT2D eigenvalue weighted by Crippen LogP contribution is -2.29. The highest BCUT2D eigenvalue weighted by molar-refractivity contribution is 9.10. The maximum Gasteiger partial charge on any atom is 0.124 e. The van der Waals surface area contributed by atoms with Crippen LogP contribution in [0.3, 0.4) is 0 Å². The third-order valence-electron chi connectivity index (χ3n) is 3.17. The largest absolute Gasteiger partial charge is 0.271 e. The van der Waals surface area contributed by atoms with E-state index in [0.29, 0.717) is 4.47 Å². The van der Waals surface area contributed by atoms with Crippen LogP contribution in [0.5, 0.6) is 0 Å². The zero-order valence-corrected chi connectivity index (χ0v) is 12.2. The van der Waals surface area contributed by atoms with E-state index in [1.54, 1.807) is 0 Å². The van der Waals surface area contributed by atoms with Gasteiger partial charge in [-0.25, -0.2) is 4.39 Å². The highest BCUT2D eigenvalue weighted by atomic mass is 79.9. The zero-order valence-electron chi connectivity index (χ0n) is 10.7. The van der Waals surface area contributed by atoms with Crippen molar-refractivity contribution >= 4 is 15.9 Å². The van der Waals surface area contributed by atoms with Crippen molar-refractivity contribution in [2.24, 2.45) is 5.84 Å².